The largest absolute Gasteiger partial charge is 0.370 e. The third-order valence-corrected chi connectivity index (χ3v) is 8.05. The molecule has 0 aliphatic carbocycles. The molecular formula is C23H36N6O5S. The lowest BCUT2D eigenvalue weighted by Gasteiger charge is -2.36. The predicted octanol–water partition coefficient (Wildman–Crippen LogP) is -0.0463. The number of sulfonamides is 1. The number of aryl methyl sites for hydroxylation is 1. The van der Waals surface area contributed by atoms with Crippen LogP contribution in [0.2, 0.25) is 0 Å². The van der Waals surface area contributed by atoms with Gasteiger partial charge < -0.3 is 22.5 Å². The molecular weight excluding hydrogens is 472 g/mol. The van der Waals surface area contributed by atoms with E-state index in [0.29, 0.717) is 12.8 Å². The van der Waals surface area contributed by atoms with Gasteiger partial charge in [0.25, 0.3) is 0 Å². The highest BCUT2D eigenvalue weighted by molar-refractivity contribution is 7.89. The molecule has 11 nitrogen and oxygen atoms in total. The van der Waals surface area contributed by atoms with Gasteiger partial charge in [0.05, 0.1) is 10.9 Å². The third kappa shape index (κ3) is 6.65. The van der Waals surface area contributed by atoms with Crippen LogP contribution in [0.1, 0.15) is 51.0 Å². The van der Waals surface area contributed by atoms with Gasteiger partial charge in [0, 0.05) is 32.5 Å². The van der Waals surface area contributed by atoms with Crippen molar-refractivity contribution in [2.75, 3.05) is 19.6 Å². The molecule has 1 aromatic rings. The van der Waals surface area contributed by atoms with Gasteiger partial charge in [-0.3, -0.25) is 19.4 Å². The molecule has 1 amide bonds. The number of hydrogen-bond donors (Lipinski definition) is 4. The monoisotopic (exact) mass is 508 g/mol. The Morgan fingerprint density at radius 1 is 1.20 bits per heavy atom. The molecule has 0 saturated carbocycles. The zero-order valence-corrected chi connectivity index (χ0v) is 21.1. The van der Waals surface area contributed by atoms with Crippen LogP contribution in [0.3, 0.4) is 0 Å². The van der Waals surface area contributed by atoms with E-state index in [-0.39, 0.29) is 62.1 Å². The fourth-order valence-corrected chi connectivity index (χ4v) is 6.02. The number of nitrogens with one attached hydrogen (secondary N) is 1. The van der Waals surface area contributed by atoms with E-state index in [9.17, 15) is 22.8 Å². The SMILES string of the molecule is CCC(=O)NCCC(=O)[C@]1(C(=O)[C@@H](N)CCCN=C(N)N)CCCN1S(=O)(=O)c1ccc(C)cc1. The number of guanidine groups is 1. The lowest BCUT2D eigenvalue weighted by atomic mass is 9.81. The fourth-order valence-electron chi connectivity index (χ4n) is 4.22. The van der Waals surface area contributed by atoms with Gasteiger partial charge in [-0.05, 0) is 44.7 Å². The summed E-state index contributed by atoms with van der Waals surface area (Å²) in [6.07, 6.45) is 0.955. The second-order valence-corrected chi connectivity index (χ2v) is 10.5. The minimum atomic E-state index is -4.18. The van der Waals surface area contributed by atoms with Crippen molar-refractivity contribution in [3.63, 3.8) is 0 Å². The van der Waals surface area contributed by atoms with Crippen LogP contribution in [-0.2, 0) is 24.4 Å². The minimum absolute atomic E-state index is 0.00130. The molecule has 0 spiro atoms. The van der Waals surface area contributed by atoms with Crippen LogP contribution < -0.4 is 22.5 Å². The number of amides is 1. The van der Waals surface area contributed by atoms with Crippen LogP contribution in [0.5, 0.6) is 0 Å². The van der Waals surface area contributed by atoms with Gasteiger partial charge in [-0.2, -0.15) is 4.31 Å². The van der Waals surface area contributed by atoms with E-state index in [2.05, 4.69) is 10.3 Å². The number of nitrogens with two attached hydrogens (primary N) is 3. The first-order valence-electron chi connectivity index (χ1n) is 11.7. The lowest BCUT2D eigenvalue weighted by Crippen LogP contribution is -2.62. The first kappa shape index (κ1) is 28.4. The second-order valence-electron chi connectivity index (χ2n) is 8.65. The zero-order valence-electron chi connectivity index (χ0n) is 20.3. The minimum Gasteiger partial charge on any atom is -0.370 e. The molecule has 194 valence electrons. The Morgan fingerprint density at radius 2 is 1.86 bits per heavy atom. The average Bonchev–Trinajstić information content (AvgIpc) is 3.28. The number of carbonyl (C=O) groups is 3. The van der Waals surface area contributed by atoms with E-state index < -0.39 is 33.2 Å². The molecule has 1 heterocycles. The van der Waals surface area contributed by atoms with Gasteiger partial charge in [-0.25, -0.2) is 8.42 Å². The van der Waals surface area contributed by atoms with E-state index in [1.165, 1.54) is 12.1 Å². The van der Waals surface area contributed by atoms with Crippen LogP contribution >= 0.6 is 0 Å². The summed E-state index contributed by atoms with van der Waals surface area (Å²) in [5, 5.41) is 2.61. The van der Waals surface area contributed by atoms with Crippen molar-refractivity contribution in [3.05, 3.63) is 29.8 Å². The first-order valence-corrected chi connectivity index (χ1v) is 13.2. The molecule has 7 N–H and O–H groups in total. The fraction of sp³-hybridized carbons (Fsp3) is 0.565. The van der Waals surface area contributed by atoms with Crippen molar-refractivity contribution in [2.24, 2.45) is 22.2 Å². The first-order chi connectivity index (χ1) is 16.5. The highest BCUT2D eigenvalue weighted by Crippen LogP contribution is 2.38. The number of rotatable bonds is 13. The Labute approximate surface area is 206 Å². The molecule has 1 aliphatic heterocycles. The van der Waals surface area contributed by atoms with Gasteiger partial charge in [0.15, 0.2) is 23.1 Å². The molecule has 0 radical (unpaired) electrons. The topological polar surface area (TPSA) is 191 Å². The summed E-state index contributed by atoms with van der Waals surface area (Å²) in [5.74, 6) is -1.56. The summed E-state index contributed by atoms with van der Waals surface area (Å²) in [5.41, 5.74) is 15.8. The number of Topliss-reactive ketones (excluding diaryl/α,β-unsaturated/α-hetero) is 2. The molecule has 0 unspecified atom stereocenters. The normalized spacial score (nSPS) is 19.2. The summed E-state index contributed by atoms with van der Waals surface area (Å²) >= 11 is 0. The third-order valence-electron chi connectivity index (χ3n) is 6.10. The second kappa shape index (κ2) is 12.2. The van der Waals surface area contributed by atoms with Crippen LogP contribution in [0.15, 0.2) is 34.2 Å². The average molecular weight is 509 g/mol. The summed E-state index contributed by atoms with van der Waals surface area (Å²) < 4.78 is 28.3. The molecule has 1 aliphatic rings. The van der Waals surface area contributed by atoms with Crippen molar-refractivity contribution < 1.29 is 22.8 Å². The molecule has 1 aromatic carbocycles. The highest BCUT2D eigenvalue weighted by Gasteiger charge is 2.58. The number of hydrogen-bond acceptors (Lipinski definition) is 7. The Kier molecular flexibility index (Phi) is 9.92. The molecule has 1 saturated heterocycles. The Balaban J connectivity index is 2.40. The van der Waals surface area contributed by atoms with E-state index in [1.54, 1.807) is 19.1 Å². The van der Waals surface area contributed by atoms with Gasteiger partial charge >= 0.3 is 0 Å². The molecule has 0 bridgehead atoms. The molecule has 0 aromatic heterocycles. The molecule has 35 heavy (non-hydrogen) atoms. The zero-order chi connectivity index (χ0) is 26.2. The van der Waals surface area contributed by atoms with Crippen LogP contribution in [-0.4, -0.2) is 67.4 Å². The molecule has 2 atom stereocenters. The number of ketones is 2. The van der Waals surface area contributed by atoms with E-state index in [0.717, 1.165) is 9.87 Å². The van der Waals surface area contributed by atoms with Gasteiger partial charge in [0.2, 0.25) is 15.9 Å². The van der Waals surface area contributed by atoms with Gasteiger partial charge in [-0.1, -0.05) is 24.6 Å². The summed E-state index contributed by atoms with van der Waals surface area (Å²) in [7, 11) is -4.18. The standard InChI is InChI=1S/C23H36N6O5S/c1-3-20(31)27-14-11-19(30)23(21(32)18(24)6-4-13-28-22(25)26)12-5-15-29(23)35(33,34)17-9-7-16(2)8-10-17/h7-10,18H,3-6,11-15,24H2,1-2H3,(H,27,31)(H4,25,26,28)/t18-,23-/m0/s1. The summed E-state index contributed by atoms with van der Waals surface area (Å²) in [6.45, 7) is 3.76. The molecule has 1 fully saturated rings. The quantitative estimate of drug-likeness (QED) is 0.123. The van der Waals surface area contributed by atoms with E-state index in [1.807, 2.05) is 6.92 Å². The van der Waals surface area contributed by atoms with Crippen molar-refractivity contribution in [3.8, 4) is 0 Å². The maximum Gasteiger partial charge on any atom is 0.244 e. The van der Waals surface area contributed by atoms with Crippen LogP contribution in [0.4, 0.5) is 0 Å². The highest BCUT2D eigenvalue weighted by atomic mass is 32.2. The van der Waals surface area contributed by atoms with Crippen molar-refractivity contribution in [1.29, 1.82) is 0 Å². The van der Waals surface area contributed by atoms with Crippen LogP contribution in [0.25, 0.3) is 0 Å². The number of benzene rings is 1. The van der Waals surface area contributed by atoms with Crippen molar-refractivity contribution in [2.45, 2.75) is 68.8 Å². The Morgan fingerprint density at radius 3 is 2.46 bits per heavy atom. The predicted molar refractivity (Wildman–Crippen MR) is 133 cm³/mol. The van der Waals surface area contributed by atoms with Gasteiger partial charge in [0.1, 0.15) is 0 Å². The van der Waals surface area contributed by atoms with Crippen molar-refractivity contribution >= 4 is 33.5 Å². The van der Waals surface area contributed by atoms with Crippen LogP contribution in [0, 0.1) is 6.92 Å². The van der Waals surface area contributed by atoms with Gasteiger partial charge in [-0.15, -0.1) is 0 Å². The summed E-state index contributed by atoms with van der Waals surface area (Å²) in [4.78, 5) is 42.7. The molecule has 12 heteroatoms. The maximum atomic E-state index is 13.7. The summed E-state index contributed by atoms with van der Waals surface area (Å²) in [6, 6.07) is 5.14. The van der Waals surface area contributed by atoms with Crippen molar-refractivity contribution in [1.82, 2.24) is 9.62 Å². The smallest absolute Gasteiger partial charge is 0.244 e. The number of carbonyl (C=O) groups excluding carboxylic acids is 3. The number of nitrogens with zero attached hydrogens (tertiary/aromatic N) is 2. The van der Waals surface area contributed by atoms with E-state index >= 15 is 0 Å². The number of aliphatic imine (C=N–C) groups is 1. The Bertz CT molecular complexity index is 1050. The van der Waals surface area contributed by atoms with E-state index in [4.69, 9.17) is 17.2 Å². The maximum absolute atomic E-state index is 13.7. The molecule has 2 rings (SSSR count). The lowest BCUT2D eigenvalue weighted by molar-refractivity contribution is -0.140. The Hall–Kier alpha value is -2.83.